The zero-order valence-electron chi connectivity index (χ0n) is 14.5. The van der Waals surface area contributed by atoms with Gasteiger partial charge in [0, 0.05) is 6.04 Å². The largest absolute Gasteiger partial charge is 0.478 e. The van der Waals surface area contributed by atoms with E-state index in [1.807, 2.05) is 26.0 Å². The van der Waals surface area contributed by atoms with E-state index in [0.29, 0.717) is 12.1 Å². The van der Waals surface area contributed by atoms with Crippen molar-refractivity contribution < 1.29 is 14.7 Å². The number of aryl methyl sites for hydroxylation is 2. The molecule has 0 unspecified atom stereocenters. The van der Waals surface area contributed by atoms with Crippen LogP contribution in [-0.2, 0) is 6.42 Å². The molecule has 0 heterocycles. The molecule has 5 nitrogen and oxygen atoms in total. The third kappa shape index (κ3) is 5.93. The summed E-state index contributed by atoms with van der Waals surface area (Å²) in [6.07, 6.45) is 5.04. The molecule has 5 heteroatoms. The highest BCUT2D eigenvalue weighted by molar-refractivity contribution is 6.02. The standard InChI is InChI=1S/C18H28N2O3/c1-5-6-7-8-9-14-11-10-13(4)16(15(14)17(21)22)20-18(23)19-12(2)3/h10-12H,5-9H2,1-4H3,(H,21,22)(H2,19,20,23). The molecule has 0 saturated carbocycles. The minimum atomic E-state index is -1.00. The van der Waals surface area contributed by atoms with E-state index in [9.17, 15) is 14.7 Å². The predicted octanol–water partition coefficient (Wildman–Crippen LogP) is 4.35. The van der Waals surface area contributed by atoms with Crippen LogP contribution in [0.3, 0.4) is 0 Å². The summed E-state index contributed by atoms with van der Waals surface area (Å²) in [5.41, 5.74) is 2.13. The Hall–Kier alpha value is -2.04. The Morgan fingerprint density at radius 2 is 1.87 bits per heavy atom. The van der Waals surface area contributed by atoms with Crippen molar-refractivity contribution in [2.45, 2.75) is 65.8 Å². The second-order valence-electron chi connectivity index (χ2n) is 6.16. The monoisotopic (exact) mass is 320 g/mol. The fourth-order valence-electron chi connectivity index (χ4n) is 2.52. The number of carbonyl (C=O) groups is 2. The minimum Gasteiger partial charge on any atom is -0.478 e. The van der Waals surface area contributed by atoms with Crippen LogP contribution < -0.4 is 10.6 Å². The molecule has 1 aromatic carbocycles. The van der Waals surface area contributed by atoms with Crippen molar-refractivity contribution in [2.75, 3.05) is 5.32 Å². The maximum absolute atomic E-state index is 11.9. The van der Waals surface area contributed by atoms with Crippen LogP contribution in [0, 0.1) is 6.92 Å². The summed E-state index contributed by atoms with van der Waals surface area (Å²) in [6.45, 7) is 7.66. The number of benzene rings is 1. The van der Waals surface area contributed by atoms with Crippen molar-refractivity contribution in [1.82, 2.24) is 5.32 Å². The number of nitrogens with one attached hydrogen (secondary N) is 2. The Balaban J connectivity index is 3.02. The third-order valence-electron chi connectivity index (χ3n) is 3.67. The van der Waals surface area contributed by atoms with Gasteiger partial charge in [0.1, 0.15) is 0 Å². The smallest absolute Gasteiger partial charge is 0.338 e. The first-order valence-electron chi connectivity index (χ1n) is 8.30. The zero-order chi connectivity index (χ0) is 17.4. The first kappa shape index (κ1) is 19.0. The number of carboxylic acid groups (broad SMARTS) is 1. The topological polar surface area (TPSA) is 78.4 Å². The normalized spacial score (nSPS) is 10.7. The molecule has 0 aliphatic carbocycles. The van der Waals surface area contributed by atoms with Gasteiger partial charge in [-0.3, -0.25) is 0 Å². The van der Waals surface area contributed by atoms with E-state index in [-0.39, 0.29) is 17.6 Å². The first-order valence-corrected chi connectivity index (χ1v) is 8.30. The van der Waals surface area contributed by atoms with E-state index < -0.39 is 5.97 Å². The van der Waals surface area contributed by atoms with Crippen molar-refractivity contribution >= 4 is 17.7 Å². The van der Waals surface area contributed by atoms with Gasteiger partial charge in [-0.05, 0) is 44.7 Å². The molecular formula is C18H28N2O3. The number of carbonyl (C=O) groups excluding carboxylic acids is 1. The van der Waals surface area contributed by atoms with Gasteiger partial charge < -0.3 is 15.7 Å². The molecule has 0 atom stereocenters. The van der Waals surface area contributed by atoms with Crippen LogP contribution in [0.1, 0.15) is 67.9 Å². The number of unbranched alkanes of at least 4 members (excludes halogenated alkanes) is 3. The van der Waals surface area contributed by atoms with E-state index in [0.717, 1.165) is 36.8 Å². The van der Waals surface area contributed by atoms with Crippen LogP contribution in [0.2, 0.25) is 0 Å². The Bertz CT molecular complexity index is 553. The highest BCUT2D eigenvalue weighted by atomic mass is 16.4. The van der Waals surface area contributed by atoms with Gasteiger partial charge in [0.2, 0.25) is 0 Å². The summed E-state index contributed by atoms with van der Waals surface area (Å²) in [7, 11) is 0. The van der Waals surface area contributed by atoms with Gasteiger partial charge in [-0.15, -0.1) is 0 Å². The predicted molar refractivity (Wildman–Crippen MR) is 93.3 cm³/mol. The Kier molecular flexibility index (Phi) is 7.59. The molecule has 0 spiro atoms. The molecule has 128 valence electrons. The number of amides is 2. The molecule has 0 fully saturated rings. The maximum Gasteiger partial charge on any atom is 0.338 e. The average molecular weight is 320 g/mol. The van der Waals surface area contributed by atoms with Crippen molar-refractivity contribution in [3.8, 4) is 0 Å². The third-order valence-corrected chi connectivity index (χ3v) is 3.67. The number of urea groups is 1. The molecule has 0 aliphatic heterocycles. The Morgan fingerprint density at radius 3 is 2.43 bits per heavy atom. The van der Waals surface area contributed by atoms with Crippen molar-refractivity contribution in [1.29, 1.82) is 0 Å². The summed E-state index contributed by atoms with van der Waals surface area (Å²) >= 11 is 0. The quantitative estimate of drug-likeness (QED) is 0.623. The van der Waals surface area contributed by atoms with Gasteiger partial charge in [0.15, 0.2) is 0 Å². The summed E-state index contributed by atoms with van der Waals surface area (Å²) in [5.74, 6) is -1.00. The second-order valence-corrected chi connectivity index (χ2v) is 6.16. The Labute approximate surface area is 138 Å². The molecule has 0 radical (unpaired) electrons. The molecule has 0 saturated heterocycles. The lowest BCUT2D eigenvalue weighted by molar-refractivity contribution is 0.0696. The molecule has 23 heavy (non-hydrogen) atoms. The van der Waals surface area contributed by atoms with Crippen LogP contribution in [-0.4, -0.2) is 23.1 Å². The summed E-state index contributed by atoms with van der Waals surface area (Å²) in [5, 5.41) is 15.0. The van der Waals surface area contributed by atoms with Crippen molar-refractivity contribution in [3.05, 3.63) is 28.8 Å². The SMILES string of the molecule is CCCCCCc1ccc(C)c(NC(=O)NC(C)C)c1C(=O)O. The van der Waals surface area contributed by atoms with E-state index in [1.165, 1.54) is 0 Å². The van der Waals surface area contributed by atoms with Crippen LogP contribution in [0.4, 0.5) is 10.5 Å². The second kappa shape index (κ2) is 9.18. The number of hydrogen-bond acceptors (Lipinski definition) is 2. The zero-order valence-corrected chi connectivity index (χ0v) is 14.5. The number of hydrogen-bond donors (Lipinski definition) is 3. The van der Waals surface area contributed by atoms with Gasteiger partial charge in [0.25, 0.3) is 0 Å². The lowest BCUT2D eigenvalue weighted by Gasteiger charge is -2.17. The van der Waals surface area contributed by atoms with E-state index in [1.54, 1.807) is 6.92 Å². The van der Waals surface area contributed by atoms with Gasteiger partial charge in [0.05, 0.1) is 11.3 Å². The van der Waals surface area contributed by atoms with Crippen LogP contribution in [0.15, 0.2) is 12.1 Å². The summed E-state index contributed by atoms with van der Waals surface area (Å²) in [6, 6.07) is 3.33. The maximum atomic E-state index is 11.9. The fourth-order valence-corrected chi connectivity index (χ4v) is 2.52. The van der Waals surface area contributed by atoms with Crippen molar-refractivity contribution in [2.24, 2.45) is 0 Å². The van der Waals surface area contributed by atoms with Gasteiger partial charge in [-0.25, -0.2) is 9.59 Å². The van der Waals surface area contributed by atoms with Gasteiger partial charge in [-0.1, -0.05) is 38.3 Å². The van der Waals surface area contributed by atoms with Crippen LogP contribution in [0.5, 0.6) is 0 Å². The van der Waals surface area contributed by atoms with Gasteiger partial charge in [-0.2, -0.15) is 0 Å². The number of rotatable bonds is 8. The van der Waals surface area contributed by atoms with Crippen LogP contribution in [0.25, 0.3) is 0 Å². The molecule has 0 aromatic heterocycles. The number of aromatic carboxylic acids is 1. The van der Waals surface area contributed by atoms with E-state index >= 15 is 0 Å². The molecule has 1 aromatic rings. The van der Waals surface area contributed by atoms with E-state index in [4.69, 9.17) is 0 Å². The average Bonchev–Trinajstić information content (AvgIpc) is 2.45. The molecule has 3 N–H and O–H groups in total. The first-order chi connectivity index (χ1) is 10.9. The minimum absolute atomic E-state index is 0.0131. The van der Waals surface area contributed by atoms with Crippen LogP contribution >= 0.6 is 0 Å². The number of anilines is 1. The molecule has 1 rings (SSSR count). The summed E-state index contributed by atoms with van der Waals surface area (Å²) in [4.78, 5) is 23.7. The lowest BCUT2D eigenvalue weighted by Crippen LogP contribution is -2.35. The fraction of sp³-hybridized carbons (Fsp3) is 0.556. The molecule has 2 amide bonds. The molecule has 0 aliphatic rings. The lowest BCUT2D eigenvalue weighted by atomic mass is 9.96. The number of carboxylic acids is 1. The highest BCUT2D eigenvalue weighted by Gasteiger charge is 2.19. The van der Waals surface area contributed by atoms with E-state index in [2.05, 4.69) is 17.6 Å². The van der Waals surface area contributed by atoms with Gasteiger partial charge >= 0.3 is 12.0 Å². The van der Waals surface area contributed by atoms with Crippen molar-refractivity contribution in [3.63, 3.8) is 0 Å². The molecular weight excluding hydrogens is 292 g/mol. The highest BCUT2D eigenvalue weighted by Crippen LogP contribution is 2.26. The summed E-state index contributed by atoms with van der Waals surface area (Å²) < 4.78 is 0. The molecule has 0 bridgehead atoms. The Morgan fingerprint density at radius 1 is 1.17 bits per heavy atom.